The number of hydrogen-bond donors (Lipinski definition) is 1. The second-order valence-corrected chi connectivity index (χ2v) is 5.73. The molecule has 0 radical (unpaired) electrons. The van der Waals surface area contributed by atoms with Gasteiger partial charge in [0.15, 0.2) is 0 Å². The van der Waals surface area contributed by atoms with Gasteiger partial charge in [0.1, 0.15) is 5.82 Å². The van der Waals surface area contributed by atoms with E-state index in [9.17, 15) is 4.39 Å². The molecule has 0 aliphatic carbocycles. The summed E-state index contributed by atoms with van der Waals surface area (Å²) in [7, 11) is 2.10. The van der Waals surface area contributed by atoms with Crippen LogP contribution in [-0.2, 0) is 6.42 Å². The summed E-state index contributed by atoms with van der Waals surface area (Å²) < 4.78 is 13.5. The number of nitrogens with zero attached hydrogens (tertiary/aromatic N) is 1. The molecule has 2 N–H and O–H groups in total. The van der Waals surface area contributed by atoms with Gasteiger partial charge in [-0.3, -0.25) is 0 Å². The highest BCUT2D eigenvalue weighted by Gasteiger charge is 2.25. The molecule has 2 rings (SSSR count). The number of hydrogen-bond acceptors (Lipinski definition) is 3. The summed E-state index contributed by atoms with van der Waals surface area (Å²) in [4.78, 5) is 2.29. The Kier molecular flexibility index (Phi) is 4.42. The summed E-state index contributed by atoms with van der Waals surface area (Å²) in [5, 5.41) is 0. The molecule has 94 valence electrons. The summed E-state index contributed by atoms with van der Waals surface area (Å²) in [5.74, 6) is 2.07. The number of rotatable bonds is 3. The van der Waals surface area contributed by atoms with Crippen LogP contribution in [-0.4, -0.2) is 42.1 Å². The zero-order chi connectivity index (χ0) is 12.3. The van der Waals surface area contributed by atoms with Crippen LogP contribution in [0.1, 0.15) is 5.56 Å². The standard InChI is InChI=1S/C13H19FN2S/c1-16-6-7-17-9-13(16)12(15)8-10-4-2-3-5-11(10)14/h2-5,12-13H,6-9,15H2,1H3. The van der Waals surface area contributed by atoms with Gasteiger partial charge in [-0.15, -0.1) is 0 Å². The molecule has 4 heteroatoms. The van der Waals surface area contributed by atoms with Crippen LogP contribution in [0.4, 0.5) is 4.39 Å². The zero-order valence-corrected chi connectivity index (χ0v) is 10.9. The van der Waals surface area contributed by atoms with E-state index >= 15 is 0 Å². The lowest BCUT2D eigenvalue weighted by Crippen LogP contribution is -2.51. The molecule has 1 fully saturated rings. The first kappa shape index (κ1) is 12.9. The van der Waals surface area contributed by atoms with Gasteiger partial charge in [-0.05, 0) is 25.1 Å². The Hall–Kier alpha value is -0.580. The van der Waals surface area contributed by atoms with Crippen LogP contribution in [0.5, 0.6) is 0 Å². The minimum Gasteiger partial charge on any atom is -0.326 e. The van der Waals surface area contributed by atoms with Crippen LogP contribution in [0.25, 0.3) is 0 Å². The van der Waals surface area contributed by atoms with Crippen LogP contribution in [0.3, 0.4) is 0 Å². The first-order valence-corrected chi connectivity index (χ1v) is 7.11. The van der Waals surface area contributed by atoms with Gasteiger partial charge in [0.05, 0.1) is 0 Å². The highest BCUT2D eigenvalue weighted by atomic mass is 32.2. The third-order valence-corrected chi connectivity index (χ3v) is 4.40. The van der Waals surface area contributed by atoms with Gasteiger partial charge in [0, 0.05) is 30.1 Å². The van der Waals surface area contributed by atoms with Crippen LogP contribution in [0.2, 0.25) is 0 Å². The van der Waals surface area contributed by atoms with Crippen molar-refractivity contribution in [3.63, 3.8) is 0 Å². The van der Waals surface area contributed by atoms with Crippen molar-refractivity contribution in [2.24, 2.45) is 5.73 Å². The maximum absolute atomic E-state index is 13.5. The number of halogens is 1. The van der Waals surface area contributed by atoms with Gasteiger partial charge in [-0.25, -0.2) is 4.39 Å². The average Bonchev–Trinajstić information content (AvgIpc) is 2.32. The number of benzene rings is 1. The molecule has 0 bridgehead atoms. The van der Waals surface area contributed by atoms with Crippen molar-refractivity contribution < 1.29 is 4.39 Å². The minimum atomic E-state index is -0.144. The van der Waals surface area contributed by atoms with E-state index in [4.69, 9.17) is 5.73 Å². The maximum Gasteiger partial charge on any atom is 0.126 e. The van der Waals surface area contributed by atoms with Gasteiger partial charge in [0.2, 0.25) is 0 Å². The summed E-state index contributed by atoms with van der Waals surface area (Å²) >= 11 is 1.93. The predicted octanol–water partition coefficient (Wildman–Crippen LogP) is 1.74. The quantitative estimate of drug-likeness (QED) is 0.891. The van der Waals surface area contributed by atoms with Gasteiger partial charge in [-0.2, -0.15) is 11.8 Å². The first-order valence-electron chi connectivity index (χ1n) is 5.95. The van der Waals surface area contributed by atoms with Crippen LogP contribution >= 0.6 is 11.8 Å². The Balaban J connectivity index is 2.01. The molecule has 0 aromatic heterocycles. The molecule has 1 saturated heterocycles. The Bertz CT molecular complexity index is 372. The maximum atomic E-state index is 13.5. The summed E-state index contributed by atoms with van der Waals surface area (Å²) in [6.45, 7) is 1.07. The fourth-order valence-corrected chi connectivity index (χ4v) is 3.54. The fourth-order valence-electron chi connectivity index (χ4n) is 2.21. The van der Waals surface area contributed by atoms with Crippen molar-refractivity contribution in [3.05, 3.63) is 35.6 Å². The molecule has 2 atom stereocenters. The lowest BCUT2D eigenvalue weighted by molar-refractivity contribution is 0.234. The molecule has 1 aromatic rings. The van der Waals surface area contributed by atoms with Crippen molar-refractivity contribution in [1.29, 1.82) is 0 Å². The lowest BCUT2D eigenvalue weighted by Gasteiger charge is -2.36. The van der Waals surface area contributed by atoms with Gasteiger partial charge in [0.25, 0.3) is 0 Å². The Labute approximate surface area is 106 Å². The normalized spacial score (nSPS) is 23.6. The van der Waals surface area contributed by atoms with Crippen LogP contribution in [0.15, 0.2) is 24.3 Å². The molecule has 1 aromatic carbocycles. The second-order valence-electron chi connectivity index (χ2n) is 4.58. The minimum absolute atomic E-state index is 0.00435. The van der Waals surface area contributed by atoms with E-state index in [0.717, 1.165) is 17.9 Å². The van der Waals surface area contributed by atoms with E-state index in [2.05, 4.69) is 11.9 Å². The van der Waals surface area contributed by atoms with Gasteiger partial charge in [-0.1, -0.05) is 18.2 Å². The van der Waals surface area contributed by atoms with Crippen LogP contribution in [0, 0.1) is 5.82 Å². The van der Waals surface area contributed by atoms with Crippen molar-refractivity contribution in [1.82, 2.24) is 4.90 Å². The van der Waals surface area contributed by atoms with E-state index in [1.165, 1.54) is 11.8 Å². The van der Waals surface area contributed by atoms with Crippen molar-refractivity contribution in [2.45, 2.75) is 18.5 Å². The zero-order valence-electron chi connectivity index (χ0n) is 10.1. The molecular formula is C13H19FN2S. The Morgan fingerprint density at radius 2 is 2.29 bits per heavy atom. The van der Waals surface area contributed by atoms with Crippen molar-refractivity contribution in [3.8, 4) is 0 Å². The summed E-state index contributed by atoms with van der Waals surface area (Å²) in [5.41, 5.74) is 6.94. The summed E-state index contributed by atoms with van der Waals surface area (Å²) in [6, 6.07) is 7.27. The van der Waals surface area contributed by atoms with E-state index < -0.39 is 0 Å². The molecule has 17 heavy (non-hydrogen) atoms. The molecule has 0 spiro atoms. The van der Waals surface area contributed by atoms with E-state index in [1.54, 1.807) is 6.07 Å². The SMILES string of the molecule is CN1CCSCC1C(N)Cc1ccccc1F. The topological polar surface area (TPSA) is 29.3 Å². The summed E-state index contributed by atoms with van der Waals surface area (Å²) in [6.07, 6.45) is 0.613. The molecular weight excluding hydrogens is 235 g/mol. The number of nitrogens with two attached hydrogens (primary N) is 1. The molecule has 0 saturated carbocycles. The fraction of sp³-hybridized carbons (Fsp3) is 0.538. The smallest absolute Gasteiger partial charge is 0.126 e. The molecule has 0 amide bonds. The number of thioether (sulfide) groups is 1. The monoisotopic (exact) mass is 254 g/mol. The van der Waals surface area contributed by atoms with E-state index in [-0.39, 0.29) is 11.9 Å². The van der Waals surface area contributed by atoms with Crippen LogP contribution < -0.4 is 5.73 Å². The predicted molar refractivity (Wildman–Crippen MR) is 71.8 cm³/mol. The van der Waals surface area contributed by atoms with Gasteiger partial charge >= 0.3 is 0 Å². The molecule has 2 nitrogen and oxygen atoms in total. The van der Waals surface area contributed by atoms with Crippen molar-refractivity contribution >= 4 is 11.8 Å². The highest BCUT2D eigenvalue weighted by Crippen LogP contribution is 2.19. The van der Waals surface area contributed by atoms with E-state index in [0.29, 0.717) is 12.5 Å². The second kappa shape index (κ2) is 5.85. The van der Waals surface area contributed by atoms with E-state index in [1.807, 2.05) is 23.9 Å². The van der Waals surface area contributed by atoms with Gasteiger partial charge < -0.3 is 10.6 Å². The average molecular weight is 254 g/mol. The molecule has 1 aliphatic rings. The van der Waals surface area contributed by atoms with Crippen molar-refractivity contribution in [2.75, 3.05) is 25.1 Å². The highest BCUT2D eigenvalue weighted by molar-refractivity contribution is 7.99. The number of likely N-dealkylation sites (N-methyl/N-ethyl adjacent to an activating group) is 1. The molecule has 1 heterocycles. The third-order valence-electron chi connectivity index (χ3n) is 3.35. The first-order chi connectivity index (χ1) is 8.18. The Morgan fingerprint density at radius 3 is 3.00 bits per heavy atom. The lowest BCUT2D eigenvalue weighted by atomic mass is 10.00. The molecule has 1 aliphatic heterocycles. The Morgan fingerprint density at radius 1 is 1.53 bits per heavy atom. The third kappa shape index (κ3) is 3.21. The molecule has 2 unspecified atom stereocenters. The largest absolute Gasteiger partial charge is 0.326 e.